The second-order valence-electron chi connectivity index (χ2n) is 5.91. The number of hydrogen-bond donors (Lipinski definition) is 2. The fourth-order valence-electron chi connectivity index (χ4n) is 2.96. The normalized spacial score (nSPS) is 17.2. The standard InChI is InChI=1S/C17H19NO5S/c19-17(20)6-3-9-24(21,22)18-13-10-15-14-5-2-1-4-12(14)7-8-16(15)23-11-13/h1-2,4-5,7-8,13,18H,3,6,9-11H2,(H,19,20). The molecule has 7 heteroatoms. The van der Waals surface area contributed by atoms with Crippen molar-refractivity contribution in [2.45, 2.75) is 25.3 Å². The number of sulfonamides is 1. The second-order valence-corrected chi connectivity index (χ2v) is 7.78. The highest BCUT2D eigenvalue weighted by Gasteiger charge is 2.25. The first kappa shape index (κ1) is 16.7. The molecule has 0 aliphatic carbocycles. The van der Waals surface area contributed by atoms with Crippen LogP contribution in [0.1, 0.15) is 18.4 Å². The SMILES string of the molecule is O=C(O)CCCS(=O)(=O)NC1COc2ccc3ccccc3c2C1. The van der Waals surface area contributed by atoms with Gasteiger partial charge in [0.2, 0.25) is 10.0 Å². The molecule has 3 rings (SSSR count). The van der Waals surface area contributed by atoms with Crippen molar-refractivity contribution in [1.82, 2.24) is 4.72 Å². The summed E-state index contributed by atoms with van der Waals surface area (Å²) in [7, 11) is -3.53. The van der Waals surface area contributed by atoms with Gasteiger partial charge in [0, 0.05) is 12.0 Å². The quantitative estimate of drug-likeness (QED) is 0.831. The van der Waals surface area contributed by atoms with Crippen LogP contribution in [0.25, 0.3) is 10.8 Å². The van der Waals surface area contributed by atoms with Crippen molar-refractivity contribution in [2.75, 3.05) is 12.4 Å². The van der Waals surface area contributed by atoms with Gasteiger partial charge in [0.25, 0.3) is 0 Å². The Morgan fingerprint density at radius 2 is 2.04 bits per heavy atom. The Morgan fingerprint density at radius 3 is 2.83 bits per heavy atom. The van der Waals surface area contributed by atoms with Gasteiger partial charge in [-0.15, -0.1) is 0 Å². The largest absolute Gasteiger partial charge is 0.492 e. The van der Waals surface area contributed by atoms with E-state index >= 15 is 0 Å². The van der Waals surface area contributed by atoms with Crippen LogP contribution < -0.4 is 9.46 Å². The summed E-state index contributed by atoms with van der Waals surface area (Å²) in [6.45, 7) is 0.267. The van der Waals surface area contributed by atoms with Gasteiger partial charge < -0.3 is 9.84 Å². The van der Waals surface area contributed by atoms with E-state index in [1.165, 1.54) is 0 Å². The van der Waals surface area contributed by atoms with E-state index in [2.05, 4.69) is 4.72 Å². The molecule has 128 valence electrons. The molecule has 1 aliphatic heterocycles. The van der Waals surface area contributed by atoms with Crippen LogP contribution in [0.5, 0.6) is 5.75 Å². The van der Waals surface area contributed by atoms with E-state index in [0.717, 1.165) is 22.1 Å². The van der Waals surface area contributed by atoms with Crippen LogP contribution in [0.15, 0.2) is 36.4 Å². The molecule has 1 aliphatic rings. The lowest BCUT2D eigenvalue weighted by Crippen LogP contribution is -2.43. The lowest BCUT2D eigenvalue weighted by molar-refractivity contribution is -0.137. The highest BCUT2D eigenvalue weighted by Crippen LogP contribution is 2.32. The van der Waals surface area contributed by atoms with Crippen LogP contribution in [0.3, 0.4) is 0 Å². The number of carboxylic acids is 1. The Balaban J connectivity index is 1.73. The van der Waals surface area contributed by atoms with Crippen molar-refractivity contribution in [2.24, 2.45) is 0 Å². The Bertz CT molecular complexity index is 862. The van der Waals surface area contributed by atoms with Gasteiger partial charge in [-0.25, -0.2) is 13.1 Å². The summed E-state index contributed by atoms with van der Waals surface area (Å²) in [5, 5.41) is 10.8. The van der Waals surface area contributed by atoms with Gasteiger partial charge in [-0.05, 0) is 29.7 Å². The number of carboxylic acid groups (broad SMARTS) is 1. The van der Waals surface area contributed by atoms with E-state index < -0.39 is 16.0 Å². The van der Waals surface area contributed by atoms with Crippen molar-refractivity contribution < 1.29 is 23.1 Å². The van der Waals surface area contributed by atoms with Crippen LogP contribution in [-0.2, 0) is 21.2 Å². The molecular formula is C17H19NO5S. The van der Waals surface area contributed by atoms with E-state index in [1.807, 2.05) is 36.4 Å². The Labute approximate surface area is 140 Å². The predicted octanol–water partition coefficient (Wildman–Crippen LogP) is 1.93. The third-order valence-corrected chi connectivity index (χ3v) is 5.56. The zero-order valence-electron chi connectivity index (χ0n) is 13.1. The molecule has 0 saturated carbocycles. The molecule has 0 fully saturated rings. The molecule has 6 nitrogen and oxygen atoms in total. The van der Waals surface area contributed by atoms with Gasteiger partial charge in [-0.3, -0.25) is 4.79 Å². The number of rotatable bonds is 6. The molecule has 1 unspecified atom stereocenters. The number of hydrogen-bond acceptors (Lipinski definition) is 4. The number of benzene rings is 2. The van der Waals surface area contributed by atoms with Gasteiger partial charge in [0.15, 0.2) is 0 Å². The van der Waals surface area contributed by atoms with Crippen molar-refractivity contribution in [3.05, 3.63) is 42.0 Å². The molecule has 0 aromatic heterocycles. The molecule has 0 bridgehead atoms. The maximum atomic E-state index is 12.1. The van der Waals surface area contributed by atoms with Gasteiger partial charge in [-0.1, -0.05) is 30.3 Å². The molecular weight excluding hydrogens is 330 g/mol. The molecule has 1 atom stereocenters. The molecule has 2 aromatic rings. The molecule has 0 radical (unpaired) electrons. The van der Waals surface area contributed by atoms with E-state index in [9.17, 15) is 13.2 Å². The lowest BCUT2D eigenvalue weighted by atomic mass is 9.96. The lowest BCUT2D eigenvalue weighted by Gasteiger charge is -2.27. The van der Waals surface area contributed by atoms with Gasteiger partial charge in [0.1, 0.15) is 12.4 Å². The third kappa shape index (κ3) is 3.85. The van der Waals surface area contributed by atoms with Gasteiger partial charge >= 0.3 is 5.97 Å². The minimum Gasteiger partial charge on any atom is -0.492 e. The van der Waals surface area contributed by atoms with Crippen LogP contribution in [0, 0.1) is 0 Å². The Hall–Kier alpha value is -2.12. The minimum atomic E-state index is -3.53. The van der Waals surface area contributed by atoms with Crippen LogP contribution in [0.4, 0.5) is 0 Å². The molecule has 24 heavy (non-hydrogen) atoms. The minimum absolute atomic E-state index is 0.0950. The second kappa shape index (κ2) is 6.78. The topological polar surface area (TPSA) is 92.7 Å². The summed E-state index contributed by atoms with van der Waals surface area (Å²) >= 11 is 0. The first-order chi connectivity index (χ1) is 11.4. The first-order valence-electron chi connectivity index (χ1n) is 7.80. The van der Waals surface area contributed by atoms with Crippen LogP contribution in [-0.4, -0.2) is 37.9 Å². The molecule has 2 aromatic carbocycles. The Kier molecular flexibility index (Phi) is 4.73. The summed E-state index contributed by atoms with van der Waals surface area (Å²) in [6.07, 6.45) is 0.488. The van der Waals surface area contributed by atoms with Crippen molar-refractivity contribution >= 4 is 26.8 Å². The summed E-state index contributed by atoms with van der Waals surface area (Å²) < 4.78 is 32.5. The van der Waals surface area contributed by atoms with Crippen molar-refractivity contribution in [1.29, 1.82) is 0 Å². The average Bonchev–Trinajstić information content (AvgIpc) is 2.53. The third-order valence-electron chi connectivity index (χ3n) is 4.04. The number of carbonyl (C=O) groups is 1. The molecule has 1 heterocycles. The molecule has 2 N–H and O–H groups in total. The number of ether oxygens (including phenoxy) is 1. The van der Waals surface area contributed by atoms with Crippen LogP contribution >= 0.6 is 0 Å². The zero-order valence-corrected chi connectivity index (χ0v) is 13.9. The van der Waals surface area contributed by atoms with E-state index in [1.54, 1.807) is 0 Å². The summed E-state index contributed by atoms with van der Waals surface area (Å²) in [5.74, 6) is -0.403. The number of fused-ring (bicyclic) bond motifs is 3. The highest BCUT2D eigenvalue weighted by molar-refractivity contribution is 7.89. The van der Waals surface area contributed by atoms with Gasteiger partial charge in [0.05, 0.1) is 11.8 Å². The van der Waals surface area contributed by atoms with Crippen LogP contribution in [0.2, 0.25) is 0 Å². The zero-order chi connectivity index (χ0) is 17.2. The summed E-state index contributed by atoms with van der Waals surface area (Å²) in [4.78, 5) is 10.5. The number of nitrogens with one attached hydrogen (secondary N) is 1. The summed E-state index contributed by atoms with van der Waals surface area (Å²) in [6, 6.07) is 11.5. The number of aliphatic carboxylic acids is 1. The molecule has 0 spiro atoms. The van der Waals surface area contributed by atoms with E-state index in [4.69, 9.17) is 9.84 Å². The monoisotopic (exact) mass is 349 g/mol. The smallest absolute Gasteiger partial charge is 0.303 e. The fraction of sp³-hybridized carbons (Fsp3) is 0.353. The first-order valence-corrected chi connectivity index (χ1v) is 9.45. The maximum Gasteiger partial charge on any atom is 0.303 e. The Morgan fingerprint density at radius 1 is 1.25 bits per heavy atom. The predicted molar refractivity (Wildman–Crippen MR) is 90.7 cm³/mol. The van der Waals surface area contributed by atoms with Crippen molar-refractivity contribution in [3.8, 4) is 5.75 Å². The van der Waals surface area contributed by atoms with Crippen molar-refractivity contribution in [3.63, 3.8) is 0 Å². The highest BCUT2D eigenvalue weighted by atomic mass is 32.2. The molecule has 0 amide bonds. The van der Waals surface area contributed by atoms with E-state index in [0.29, 0.717) is 6.42 Å². The average molecular weight is 349 g/mol. The van der Waals surface area contributed by atoms with E-state index in [-0.39, 0.29) is 31.2 Å². The summed E-state index contributed by atoms with van der Waals surface area (Å²) in [5.41, 5.74) is 0.998. The van der Waals surface area contributed by atoms with Gasteiger partial charge in [-0.2, -0.15) is 0 Å². The fourth-order valence-corrected chi connectivity index (χ4v) is 4.26. The maximum absolute atomic E-state index is 12.1. The molecule has 0 saturated heterocycles.